The van der Waals surface area contributed by atoms with E-state index in [4.69, 9.17) is 18.9 Å². The number of methoxy groups -OCH3 is 1. The van der Waals surface area contributed by atoms with Crippen molar-refractivity contribution in [2.75, 3.05) is 27.1 Å². The molecule has 2 heterocycles. The van der Waals surface area contributed by atoms with E-state index in [1.165, 1.54) is 17.0 Å². The van der Waals surface area contributed by atoms with Gasteiger partial charge < -0.3 is 24.3 Å². The second-order valence-corrected chi connectivity index (χ2v) is 6.68. The van der Waals surface area contributed by atoms with Gasteiger partial charge in [-0.25, -0.2) is 4.98 Å². The third-order valence-electron chi connectivity index (χ3n) is 4.61. The molecular weight excluding hydrogens is 402 g/mol. The van der Waals surface area contributed by atoms with E-state index in [-0.39, 0.29) is 24.8 Å². The van der Waals surface area contributed by atoms with E-state index in [0.29, 0.717) is 36.1 Å². The highest BCUT2D eigenvalue weighted by atomic mass is 16.7. The maximum atomic E-state index is 12.4. The fourth-order valence-electron chi connectivity index (χ4n) is 3.00. The van der Waals surface area contributed by atoms with E-state index >= 15 is 0 Å². The molecule has 9 nitrogen and oxygen atoms in total. The normalized spacial score (nSPS) is 11.8. The van der Waals surface area contributed by atoms with E-state index in [2.05, 4.69) is 10.3 Å². The molecule has 1 amide bonds. The van der Waals surface area contributed by atoms with Gasteiger partial charge in [-0.3, -0.25) is 14.2 Å². The first-order valence-electron chi connectivity index (χ1n) is 9.62. The maximum Gasteiger partial charge on any atom is 0.254 e. The van der Waals surface area contributed by atoms with Gasteiger partial charge in [0, 0.05) is 11.6 Å². The summed E-state index contributed by atoms with van der Waals surface area (Å²) in [5, 5.41) is 2.72. The second kappa shape index (κ2) is 9.21. The number of nitrogens with one attached hydrogen (secondary N) is 1. The van der Waals surface area contributed by atoms with Crippen molar-refractivity contribution in [1.82, 2.24) is 14.9 Å². The van der Waals surface area contributed by atoms with Crippen molar-refractivity contribution in [2.24, 2.45) is 0 Å². The average Bonchev–Trinajstić information content (AvgIpc) is 3.26. The number of carbonyl (C=O) groups excluding carboxylic acids is 1. The summed E-state index contributed by atoms with van der Waals surface area (Å²) in [6, 6.07) is 13.9. The Labute approximate surface area is 178 Å². The summed E-state index contributed by atoms with van der Waals surface area (Å²) in [6.45, 7) is 0.653. The predicted molar refractivity (Wildman–Crippen MR) is 112 cm³/mol. The first-order chi connectivity index (χ1) is 15.1. The molecule has 0 radical (unpaired) electrons. The Kier molecular flexibility index (Phi) is 6.02. The zero-order valence-electron chi connectivity index (χ0n) is 16.9. The molecule has 1 N–H and O–H groups in total. The molecule has 9 heteroatoms. The molecule has 2 aromatic carbocycles. The second-order valence-electron chi connectivity index (χ2n) is 6.68. The van der Waals surface area contributed by atoms with Crippen LogP contribution in [0.1, 0.15) is 0 Å². The number of carbonyl (C=O) groups is 1. The summed E-state index contributed by atoms with van der Waals surface area (Å²) < 4.78 is 22.5. The molecule has 0 unspecified atom stereocenters. The number of ether oxygens (including phenoxy) is 4. The van der Waals surface area contributed by atoms with E-state index in [1.807, 2.05) is 0 Å². The zero-order chi connectivity index (χ0) is 21.6. The number of benzene rings is 2. The van der Waals surface area contributed by atoms with Gasteiger partial charge in [-0.1, -0.05) is 0 Å². The van der Waals surface area contributed by atoms with Crippen molar-refractivity contribution in [2.45, 2.75) is 6.54 Å². The van der Waals surface area contributed by atoms with Gasteiger partial charge >= 0.3 is 0 Å². The van der Waals surface area contributed by atoms with Crippen LogP contribution in [0, 0.1) is 0 Å². The molecule has 0 saturated carbocycles. The molecule has 4 rings (SSSR count). The van der Waals surface area contributed by atoms with Gasteiger partial charge in [0.25, 0.3) is 5.56 Å². The van der Waals surface area contributed by atoms with Crippen LogP contribution in [0.15, 0.2) is 59.7 Å². The number of amides is 1. The zero-order valence-corrected chi connectivity index (χ0v) is 16.9. The van der Waals surface area contributed by atoms with Crippen LogP contribution in [-0.2, 0) is 11.3 Å². The number of rotatable bonds is 8. The summed E-state index contributed by atoms with van der Waals surface area (Å²) in [6.07, 6.45) is 1.36. The third kappa shape index (κ3) is 4.95. The Morgan fingerprint density at radius 3 is 2.65 bits per heavy atom. The summed E-state index contributed by atoms with van der Waals surface area (Å²) in [5.74, 6) is 2.38. The molecule has 0 bridgehead atoms. The number of fused-ring (bicyclic) bond motifs is 1. The number of hydrogen-bond acceptors (Lipinski definition) is 7. The van der Waals surface area contributed by atoms with E-state index in [9.17, 15) is 9.59 Å². The highest BCUT2D eigenvalue weighted by Crippen LogP contribution is 2.35. The molecule has 1 aromatic heterocycles. The van der Waals surface area contributed by atoms with Gasteiger partial charge in [0.05, 0.1) is 25.7 Å². The monoisotopic (exact) mass is 423 g/mol. The van der Waals surface area contributed by atoms with Crippen LogP contribution >= 0.6 is 0 Å². The van der Waals surface area contributed by atoms with E-state index in [1.54, 1.807) is 49.6 Å². The highest BCUT2D eigenvalue weighted by Gasteiger charge is 2.15. The average molecular weight is 423 g/mol. The molecule has 1 aliphatic heterocycles. The Morgan fingerprint density at radius 1 is 1.10 bits per heavy atom. The van der Waals surface area contributed by atoms with Crippen molar-refractivity contribution >= 4 is 5.91 Å². The van der Waals surface area contributed by atoms with E-state index < -0.39 is 0 Å². The molecule has 0 spiro atoms. The van der Waals surface area contributed by atoms with Gasteiger partial charge in [-0.05, 0) is 42.5 Å². The summed E-state index contributed by atoms with van der Waals surface area (Å²) in [7, 11) is 1.59. The number of aromatic nitrogens is 2. The highest BCUT2D eigenvalue weighted by molar-refractivity contribution is 5.75. The van der Waals surface area contributed by atoms with Gasteiger partial charge in [0.2, 0.25) is 12.7 Å². The quantitative estimate of drug-likeness (QED) is 0.552. The summed E-state index contributed by atoms with van der Waals surface area (Å²) in [5.41, 5.74) is 0.897. The topological polar surface area (TPSA) is 101 Å². The lowest BCUT2D eigenvalue weighted by molar-refractivity contribution is -0.121. The molecule has 160 valence electrons. The van der Waals surface area contributed by atoms with Gasteiger partial charge in [-0.2, -0.15) is 0 Å². The molecule has 0 atom stereocenters. The third-order valence-corrected chi connectivity index (χ3v) is 4.61. The molecular formula is C22H21N3O6. The minimum Gasteiger partial charge on any atom is -0.497 e. The Bertz CT molecular complexity index is 1130. The lowest BCUT2D eigenvalue weighted by atomic mass is 10.1. The largest absolute Gasteiger partial charge is 0.497 e. The SMILES string of the molecule is COc1ccc(OCCNC(=O)Cn2cnc(-c3ccc4c(c3)OCO4)cc2=O)cc1. The van der Waals surface area contributed by atoms with Crippen molar-refractivity contribution in [3.63, 3.8) is 0 Å². The maximum absolute atomic E-state index is 12.4. The summed E-state index contributed by atoms with van der Waals surface area (Å²) in [4.78, 5) is 28.8. The van der Waals surface area contributed by atoms with E-state index in [0.717, 1.165) is 11.3 Å². The van der Waals surface area contributed by atoms with Crippen molar-refractivity contribution < 1.29 is 23.7 Å². The molecule has 3 aromatic rings. The van der Waals surface area contributed by atoms with Gasteiger partial charge in [-0.15, -0.1) is 0 Å². The minimum atomic E-state index is -0.327. The fourth-order valence-corrected chi connectivity index (χ4v) is 3.00. The lowest BCUT2D eigenvalue weighted by Gasteiger charge is -2.10. The van der Waals surface area contributed by atoms with Crippen molar-refractivity contribution in [3.05, 3.63) is 65.2 Å². The first-order valence-corrected chi connectivity index (χ1v) is 9.62. The molecule has 0 aliphatic carbocycles. The van der Waals surface area contributed by atoms with Crippen LogP contribution in [0.25, 0.3) is 11.3 Å². The lowest BCUT2D eigenvalue weighted by Crippen LogP contribution is -2.34. The molecule has 31 heavy (non-hydrogen) atoms. The Balaban J connectivity index is 1.28. The predicted octanol–water partition coefficient (Wildman–Crippen LogP) is 1.84. The first kappa shape index (κ1) is 20.3. The number of nitrogens with zero attached hydrogens (tertiary/aromatic N) is 2. The van der Waals surface area contributed by atoms with Crippen molar-refractivity contribution in [1.29, 1.82) is 0 Å². The molecule has 0 saturated heterocycles. The summed E-state index contributed by atoms with van der Waals surface area (Å²) >= 11 is 0. The van der Waals surface area contributed by atoms with Crippen LogP contribution in [0.3, 0.4) is 0 Å². The Morgan fingerprint density at radius 2 is 1.87 bits per heavy atom. The minimum absolute atomic E-state index is 0.129. The van der Waals surface area contributed by atoms with Crippen LogP contribution in [0.5, 0.6) is 23.0 Å². The fraction of sp³-hybridized carbons (Fsp3) is 0.227. The van der Waals surface area contributed by atoms with Crippen LogP contribution in [0.2, 0.25) is 0 Å². The smallest absolute Gasteiger partial charge is 0.254 e. The molecule has 1 aliphatic rings. The van der Waals surface area contributed by atoms with Gasteiger partial charge in [0.1, 0.15) is 24.7 Å². The van der Waals surface area contributed by atoms with Crippen molar-refractivity contribution in [3.8, 4) is 34.3 Å². The standard InChI is InChI=1S/C22H21N3O6/c1-28-16-3-5-17(6-4-16)29-9-8-23-21(26)12-25-13-24-18(11-22(25)27)15-2-7-19-20(10-15)31-14-30-19/h2-7,10-11,13H,8-9,12,14H2,1H3,(H,23,26). The van der Waals surface area contributed by atoms with Crippen LogP contribution < -0.4 is 29.8 Å². The number of hydrogen-bond donors (Lipinski definition) is 1. The Hall–Kier alpha value is -4.01. The molecule has 0 fully saturated rings. The van der Waals surface area contributed by atoms with Crippen LogP contribution in [-0.4, -0.2) is 42.5 Å². The van der Waals surface area contributed by atoms with Gasteiger partial charge in [0.15, 0.2) is 11.5 Å². The van der Waals surface area contributed by atoms with Crippen LogP contribution in [0.4, 0.5) is 0 Å².